The van der Waals surface area contributed by atoms with Gasteiger partial charge >= 0.3 is 6.18 Å². The lowest BCUT2D eigenvalue weighted by atomic mass is 9.73. The zero-order valence-corrected chi connectivity index (χ0v) is 23.6. The number of halogens is 3. The van der Waals surface area contributed by atoms with Crippen LogP contribution in [0.5, 0.6) is 0 Å². The molecule has 1 amide bonds. The Labute approximate surface area is 243 Å². The van der Waals surface area contributed by atoms with Gasteiger partial charge in [0, 0.05) is 50.4 Å². The largest absolute Gasteiger partial charge is 0.434 e. The number of nitrogen functional groups attached to an aromatic ring is 1. The SMILES string of the molecule is Cn1c(N2CCC3(CC2)Cc2ccccc2[C@H]3N)nc(N)c(Sc2cc(C(=O)N3CC(O)C3)cnc2C(F)(F)F)c1=O. The maximum absolute atomic E-state index is 13.8. The molecule has 3 aromatic rings. The molecule has 14 heteroatoms. The number of pyridine rings is 1. The molecule has 1 spiro atoms. The smallest absolute Gasteiger partial charge is 0.389 e. The van der Waals surface area contributed by atoms with Crippen LogP contribution >= 0.6 is 11.8 Å². The van der Waals surface area contributed by atoms with Gasteiger partial charge in [-0.1, -0.05) is 36.0 Å². The van der Waals surface area contributed by atoms with E-state index in [9.17, 15) is 27.9 Å². The molecule has 6 rings (SSSR count). The quantitative estimate of drug-likeness (QED) is 0.411. The Morgan fingerprint density at radius 1 is 1.19 bits per heavy atom. The van der Waals surface area contributed by atoms with E-state index in [1.807, 2.05) is 17.0 Å². The molecular formula is C28H30F3N7O3S. The number of hydrogen-bond donors (Lipinski definition) is 3. The van der Waals surface area contributed by atoms with Gasteiger partial charge in [0.15, 0.2) is 5.69 Å². The summed E-state index contributed by atoms with van der Waals surface area (Å²) in [4.78, 5) is 36.7. The number of nitrogens with two attached hydrogens (primary N) is 2. The number of carbonyl (C=O) groups excluding carboxylic acids is 1. The van der Waals surface area contributed by atoms with E-state index < -0.39 is 34.3 Å². The number of fused-ring (bicyclic) bond motifs is 1. The summed E-state index contributed by atoms with van der Waals surface area (Å²) < 4.78 is 42.8. The van der Waals surface area contributed by atoms with Crippen molar-refractivity contribution in [2.75, 3.05) is 36.8 Å². The fourth-order valence-corrected chi connectivity index (χ4v) is 7.23. The Bertz CT molecular complexity index is 1620. The van der Waals surface area contributed by atoms with Crippen molar-refractivity contribution in [1.29, 1.82) is 0 Å². The van der Waals surface area contributed by atoms with Crippen LogP contribution in [0.2, 0.25) is 0 Å². The fourth-order valence-electron chi connectivity index (χ4n) is 6.19. The predicted molar refractivity (Wildman–Crippen MR) is 150 cm³/mol. The van der Waals surface area contributed by atoms with Gasteiger partial charge < -0.3 is 26.4 Å². The highest BCUT2D eigenvalue weighted by atomic mass is 32.2. The topological polar surface area (TPSA) is 144 Å². The number of piperidine rings is 1. The molecule has 3 aliphatic rings. The highest BCUT2D eigenvalue weighted by Gasteiger charge is 2.46. The van der Waals surface area contributed by atoms with Crippen molar-refractivity contribution >= 4 is 29.4 Å². The van der Waals surface area contributed by atoms with Crippen LogP contribution in [0.25, 0.3) is 0 Å². The van der Waals surface area contributed by atoms with E-state index in [4.69, 9.17) is 11.5 Å². The first-order chi connectivity index (χ1) is 19.9. The monoisotopic (exact) mass is 601 g/mol. The Morgan fingerprint density at radius 3 is 2.52 bits per heavy atom. The predicted octanol–water partition coefficient (Wildman–Crippen LogP) is 2.59. The number of likely N-dealkylation sites (tertiary alicyclic amines) is 1. The van der Waals surface area contributed by atoms with E-state index in [1.165, 1.54) is 27.6 Å². The normalized spacial score (nSPS) is 20.1. The molecule has 222 valence electrons. The molecule has 0 unspecified atom stereocenters. The molecule has 2 saturated heterocycles. The van der Waals surface area contributed by atoms with Gasteiger partial charge in [-0.3, -0.25) is 14.2 Å². The average molecular weight is 602 g/mol. The molecule has 10 nitrogen and oxygen atoms in total. The average Bonchev–Trinajstić information content (AvgIpc) is 3.21. The summed E-state index contributed by atoms with van der Waals surface area (Å²) in [6, 6.07) is 9.16. The van der Waals surface area contributed by atoms with Crippen LogP contribution < -0.4 is 21.9 Å². The molecule has 2 aliphatic heterocycles. The third-order valence-electron chi connectivity index (χ3n) is 8.62. The van der Waals surface area contributed by atoms with E-state index in [-0.39, 0.29) is 40.8 Å². The minimum atomic E-state index is -4.84. The number of β-amino-alcohol motifs (C(OH)–C–C–N with tert-alkyl or cyclic N) is 1. The van der Waals surface area contributed by atoms with E-state index in [2.05, 4.69) is 22.1 Å². The third kappa shape index (κ3) is 4.80. The fraction of sp³-hybridized carbons (Fsp3) is 0.429. The number of alkyl halides is 3. The first-order valence-electron chi connectivity index (χ1n) is 13.6. The molecule has 5 N–H and O–H groups in total. The number of aliphatic hydroxyl groups is 1. The molecule has 1 aromatic carbocycles. The number of benzene rings is 1. The highest BCUT2D eigenvalue weighted by molar-refractivity contribution is 7.99. The zero-order chi connectivity index (χ0) is 30.0. The van der Waals surface area contributed by atoms with E-state index >= 15 is 0 Å². The lowest BCUT2D eigenvalue weighted by Crippen LogP contribution is -2.53. The van der Waals surface area contributed by atoms with Gasteiger partial charge in [-0.05, 0) is 41.9 Å². The molecule has 4 heterocycles. The van der Waals surface area contributed by atoms with Gasteiger partial charge in [0.25, 0.3) is 11.5 Å². The number of aromatic nitrogens is 3. The molecule has 1 atom stereocenters. The molecular weight excluding hydrogens is 571 g/mol. The molecule has 0 radical (unpaired) electrons. The van der Waals surface area contributed by atoms with Gasteiger partial charge in [0.2, 0.25) is 5.95 Å². The molecule has 42 heavy (non-hydrogen) atoms. The standard InChI is InChI=1S/C28H30F3N7O3S/c1-36-25(41)20(42-19-10-16(12-34-22(19)28(29,30)31)24(40)38-13-17(39)14-38)23(33)35-26(36)37-8-6-27(7-9-37)11-15-4-2-3-5-18(15)21(27)32/h2-5,10,12,17,21,39H,6-9,11,13-14,32-33H2,1H3/t21-/m1/s1. The number of hydrogen-bond acceptors (Lipinski definition) is 9. The summed E-state index contributed by atoms with van der Waals surface area (Å²) >= 11 is 0.483. The van der Waals surface area contributed by atoms with Crippen molar-refractivity contribution in [3.05, 3.63) is 69.3 Å². The minimum absolute atomic E-state index is 0.0810. The summed E-state index contributed by atoms with van der Waals surface area (Å²) in [7, 11) is 1.51. The van der Waals surface area contributed by atoms with Gasteiger partial charge in [0.1, 0.15) is 10.7 Å². The van der Waals surface area contributed by atoms with Crippen molar-refractivity contribution in [3.8, 4) is 0 Å². The van der Waals surface area contributed by atoms with Gasteiger partial charge in [-0.25, -0.2) is 4.98 Å². The summed E-state index contributed by atoms with van der Waals surface area (Å²) in [6.45, 7) is 1.34. The van der Waals surface area contributed by atoms with Crippen LogP contribution in [-0.2, 0) is 19.6 Å². The van der Waals surface area contributed by atoms with Crippen molar-refractivity contribution in [2.45, 2.75) is 47.4 Å². The van der Waals surface area contributed by atoms with Crippen molar-refractivity contribution in [1.82, 2.24) is 19.4 Å². The third-order valence-corrected chi connectivity index (χ3v) is 9.74. The Hall–Kier alpha value is -3.62. The first-order valence-corrected chi connectivity index (χ1v) is 14.4. The van der Waals surface area contributed by atoms with Crippen LogP contribution in [0.1, 0.15) is 46.1 Å². The molecule has 1 aliphatic carbocycles. The lowest BCUT2D eigenvalue weighted by molar-refractivity contribution is -0.143. The van der Waals surface area contributed by atoms with Crippen LogP contribution in [0, 0.1) is 5.41 Å². The van der Waals surface area contributed by atoms with Crippen molar-refractivity contribution in [2.24, 2.45) is 18.2 Å². The Kier molecular flexibility index (Phi) is 6.97. The van der Waals surface area contributed by atoms with Crippen LogP contribution in [0.15, 0.2) is 51.1 Å². The zero-order valence-electron chi connectivity index (χ0n) is 22.8. The van der Waals surface area contributed by atoms with E-state index in [1.54, 1.807) is 0 Å². The van der Waals surface area contributed by atoms with Gasteiger partial charge in [0.05, 0.1) is 11.7 Å². The Balaban J connectivity index is 1.26. The van der Waals surface area contributed by atoms with Crippen LogP contribution in [0.3, 0.4) is 0 Å². The van der Waals surface area contributed by atoms with E-state index in [0.29, 0.717) is 30.8 Å². The second kappa shape index (κ2) is 10.3. The second-order valence-corrected chi connectivity index (χ2v) is 12.3. The minimum Gasteiger partial charge on any atom is -0.389 e. The summed E-state index contributed by atoms with van der Waals surface area (Å²) in [5, 5.41) is 9.49. The van der Waals surface area contributed by atoms with Gasteiger partial charge in [-0.15, -0.1) is 0 Å². The second-order valence-electron chi connectivity index (χ2n) is 11.2. The molecule has 0 bridgehead atoms. The number of anilines is 2. The lowest BCUT2D eigenvalue weighted by Gasteiger charge is -2.42. The van der Waals surface area contributed by atoms with Gasteiger partial charge in [-0.2, -0.15) is 18.2 Å². The maximum atomic E-state index is 13.8. The number of rotatable bonds is 4. The molecule has 2 aromatic heterocycles. The number of aliphatic hydroxyl groups excluding tert-OH is 1. The van der Waals surface area contributed by atoms with E-state index in [0.717, 1.165) is 31.5 Å². The van der Waals surface area contributed by atoms with Crippen LogP contribution in [0.4, 0.5) is 24.9 Å². The summed E-state index contributed by atoms with van der Waals surface area (Å²) in [6.07, 6.45) is -2.21. The number of nitrogens with zero attached hydrogens (tertiary/aromatic N) is 5. The first kappa shape index (κ1) is 28.5. The number of carbonyl (C=O) groups is 1. The molecule has 2 fully saturated rings. The number of amides is 1. The summed E-state index contributed by atoms with van der Waals surface area (Å²) in [5.74, 6) is -0.444. The highest BCUT2D eigenvalue weighted by Crippen LogP contribution is 2.51. The molecule has 0 saturated carbocycles. The van der Waals surface area contributed by atoms with Crippen molar-refractivity contribution in [3.63, 3.8) is 0 Å². The Morgan fingerprint density at radius 2 is 1.88 bits per heavy atom. The van der Waals surface area contributed by atoms with Crippen molar-refractivity contribution < 1.29 is 23.1 Å². The summed E-state index contributed by atoms with van der Waals surface area (Å²) in [5.41, 5.74) is 13.3. The maximum Gasteiger partial charge on any atom is 0.434 e. The van der Waals surface area contributed by atoms with Crippen LogP contribution in [-0.4, -0.2) is 62.7 Å².